The molecule has 0 aromatic rings. The lowest BCUT2D eigenvalue weighted by atomic mass is 9.70. The van der Waals surface area contributed by atoms with Crippen molar-refractivity contribution >= 4 is 5.91 Å². The third-order valence-electron chi connectivity index (χ3n) is 7.42. The van der Waals surface area contributed by atoms with Crippen LogP contribution in [-0.2, 0) is 4.79 Å². The zero-order chi connectivity index (χ0) is 22.2. The molecule has 0 saturated heterocycles. The van der Waals surface area contributed by atoms with E-state index in [1.165, 1.54) is 43.3 Å². The summed E-state index contributed by atoms with van der Waals surface area (Å²) < 4.78 is 0. The normalized spacial score (nSPS) is 28.9. The van der Waals surface area contributed by atoms with E-state index in [4.69, 9.17) is 0 Å². The summed E-state index contributed by atoms with van der Waals surface area (Å²) >= 11 is 0. The van der Waals surface area contributed by atoms with Crippen LogP contribution in [0.25, 0.3) is 0 Å². The van der Waals surface area contributed by atoms with Crippen molar-refractivity contribution in [3.8, 4) is 0 Å². The van der Waals surface area contributed by atoms with Crippen LogP contribution in [0, 0.1) is 17.8 Å². The number of hydrogen-bond acceptors (Lipinski definition) is 4. The molecule has 1 aliphatic heterocycles. The largest absolute Gasteiger partial charge is 0.394 e. The fourth-order valence-corrected chi connectivity index (χ4v) is 5.54. The highest BCUT2D eigenvalue weighted by atomic mass is 16.3. The fraction of sp³-hybridized carbons (Fsp3) is 0.731. The second-order valence-corrected chi connectivity index (χ2v) is 9.69. The topological polar surface area (TPSA) is 73.4 Å². The van der Waals surface area contributed by atoms with Crippen LogP contribution in [0.15, 0.2) is 35.1 Å². The number of allylic oxidation sites excluding steroid dienone is 4. The van der Waals surface area contributed by atoms with Crippen molar-refractivity contribution in [2.24, 2.45) is 17.8 Å². The lowest BCUT2D eigenvalue weighted by Crippen LogP contribution is -2.50. The number of nitrogens with one attached hydrogen (secondary N) is 3. The first-order valence-electron chi connectivity index (χ1n) is 12.5. The molecule has 4 N–H and O–H groups in total. The highest BCUT2D eigenvalue weighted by Gasteiger charge is 2.34. The van der Waals surface area contributed by atoms with E-state index < -0.39 is 0 Å². The maximum absolute atomic E-state index is 13.4. The first-order chi connectivity index (χ1) is 15.0. The number of hydrogen-bond donors (Lipinski definition) is 4. The van der Waals surface area contributed by atoms with Gasteiger partial charge >= 0.3 is 0 Å². The quantitative estimate of drug-likeness (QED) is 0.467. The van der Waals surface area contributed by atoms with Gasteiger partial charge in [0.1, 0.15) is 0 Å². The van der Waals surface area contributed by atoms with Gasteiger partial charge in [0.2, 0.25) is 5.91 Å². The van der Waals surface area contributed by atoms with E-state index in [0.29, 0.717) is 18.4 Å². The van der Waals surface area contributed by atoms with Crippen LogP contribution in [-0.4, -0.2) is 36.4 Å². The molecule has 0 aromatic heterocycles. The predicted octanol–water partition coefficient (Wildman–Crippen LogP) is 4.17. The van der Waals surface area contributed by atoms with Gasteiger partial charge in [0.25, 0.3) is 0 Å². The second kappa shape index (κ2) is 11.9. The summed E-state index contributed by atoms with van der Waals surface area (Å²) in [5.74, 6) is 1.29. The first kappa shape index (κ1) is 24.1. The van der Waals surface area contributed by atoms with Crippen molar-refractivity contribution in [2.45, 2.75) is 90.8 Å². The zero-order valence-electron chi connectivity index (χ0n) is 19.8. The average molecular weight is 430 g/mol. The molecule has 4 atom stereocenters. The molecule has 31 heavy (non-hydrogen) atoms. The number of carbonyl (C=O) groups excluding carboxylic acids is 1. The first-order valence-corrected chi connectivity index (χ1v) is 12.5. The summed E-state index contributed by atoms with van der Waals surface area (Å²) in [5.41, 5.74) is 3.81. The van der Waals surface area contributed by atoms with E-state index in [1.54, 1.807) is 0 Å². The number of aliphatic hydroxyl groups is 1. The molecule has 3 aliphatic rings. The average Bonchev–Trinajstić information content (AvgIpc) is 2.81. The smallest absolute Gasteiger partial charge is 0.224 e. The van der Waals surface area contributed by atoms with E-state index in [9.17, 15) is 9.90 Å². The van der Waals surface area contributed by atoms with Gasteiger partial charge in [-0.3, -0.25) is 10.1 Å². The molecular weight excluding hydrogens is 386 g/mol. The highest BCUT2D eigenvalue weighted by Crippen LogP contribution is 2.41. The summed E-state index contributed by atoms with van der Waals surface area (Å²) in [5, 5.41) is 19.7. The molecular formula is C26H43N3O2. The van der Waals surface area contributed by atoms with Crippen molar-refractivity contribution in [2.75, 3.05) is 13.2 Å². The Morgan fingerprint density at radius 3 is 2.71 bits per heavy atom. The van der Waals surface area contributed by atoms with Crippen LogP contribution in [0.1, 0.15) is 78.6 Å². The van der Waals surface area contributed by atoms with Crippen LogP contribution in [0.4, 0.5) is 0 Å². The van der Waals surface area contributed by atoms with Crippen LogP contribution in [0.3, 0.4) is 0 Å². The predicted molar refractivity (Wildman–Crippen MR) is 127 cm³/mol. The molecule has 2 aliphatic carbocycles. The molecule has 0 bridgehead atoms. The Morgan fingerprint density at radius 2 is 2.10 bits per heavy atom. The van der Waals surface area contributed by atoms with Gasteiger partial charge in [0.15, 0.2) is 0 Å². The molecule has 5 nitrogen and oxygen atoms in total. The maximum atomic E-state index is 13.4. The molecule has 0 radical (unpaired) electrons. The minimum absolute atomic E-state index is 0.0168. The number of aliphatic hydroxyl groups excluding tert-OH is 1. The fourth-order valence-electron chi connectivity index (χ4n) is 5.54. The Kier molecular flexibility index (Phi) is 9.21. The number of carbonyl (C=O) groups is 1. The van der Waals surface area contributed by atoms with E-state index >= 15 is 0 Å². The summed E-state index contributed by atoms with van der Waals surface area (Å²) in [6, 6.07) is -0.334. The summed E-state index contributed by atoms with van der Waals surface area (Å²) in [6.07, 6.45) is 17.5. The van der Waals surface area contributed by atoms with E-state index in [0.717, 1.165) is 31.3 Å². The van der Waals surface area contributed by atoms with E-state index in [1.807, 2.05) is 6.20 Å². The molecule has 3 rings (SSSR count). The monoisotopic (exact) mass is 429 g/mol. The van der Waals surface area contributed by atoms with Crippen LogP contribution >= 0.6 is 0 Å². The van der Waals surface area contributed by atoms with Crippen molar-refractivity contribution < 1.29 is 9.90 Å². The number of rotatable bonds is 8. The van der Waals surface area contributed by atoms with Gasteiger partial charge in [-0.05, 0) is 74.5 Å². The van der Waals surface area contributed by atoms with Gasteiger partial charge in [0.05, 0.1) is 18.8 Å². The van der Waals surface area contributed by atoms with Crippen LogP contribution in [0.2, 0.25) is 0 Å². The van der Waals surface area contributed by atoms with Crippen LogP contribution < -0.4 is 16.0 Å². The molecule has 1 fully saturated rings. The Hall–Kier alpha value is -1.59. The molecule has 3 unspecified atom stereocenters. The molecule has 1 amide bonds. The molecule has 0 aromatic carbocycles. The van der Waals surface area contributed by atoms with Crippen molar-refractivity contribution in [3.63, 3.8) is 0 Å². The SMILES string of the molecule is C/C=C(\CCC)C1=CC(C2CCCCC2)CC(C(=O)N[C@H](CO)C2=CNC(C)NC2)C1. The van der Waals surface area contributed by atoms with Gasteiger partial charge in [-0.1, -0.05) is 44.8 Å². The van der Waals surface area contributed by atoms with Gasteiger partial charge in [-0.2, -0.15) is 0 Å². The van der Waals surface area contributed by atoms with Crippen LogP contribution in [0.5, 0.6) is 0 Å². The lowest BCUT2D eigenvalue weighted by Gasteiger charge is -2.36. The lowest BCUT2D eigenvalue weighted by molar-refractivity contribution is -0.126. The van der Waals surface area contributed by atoms with Gasteiger partial charge < -0.3 is 15.7 Å². The summed E-state index contributed by atoms with van der Waals surface area (Å²) in [6.45, 7) is 7.01. The summed E-state index contributed by atoms with van der Waals surface area (Å²) in [7, 11) is 0. The molecule has 5 heteroatoms. The molecule has 1 saturated carbocycles. The standard InChI is InChI=1S/C26H43N3O2/c1-4-9-19(5-2)21-12-22(20-10-7-6-8-11-20)14-23(13-21)26(31)29-25(17-30)24-15-27-18(3)28-16-24/h5,12,15,18,20,22-23,25,27-28,30H,4,6-11,13-14,16-17H2,1-3H3,(H,29,31)/b19-5+/t18?,22?,23?,25-/m1/s1. The second-order valence-electron chi connectivity index (χ2n) is 9.69. The Labute approximate surface area is 188 Å². The summed E-state index contributed by atoms with van der Waals surface area (Å²) in [4.78, 5) is 13.4. The Morgan fingerprint density at radius 1 is 1.32 bits per heavy atom. The van der Waals surface area contributed by atoms with Crippen molar-refractivity contribution in [1.82, 2.24) is 16.0 Å². The van der Waals surface area contributed by atoms with Crippen molar-refractivity contribution in [3.05, 3.63) is 35.1 Å². The maximum Gasteiger partial charge on any atom is 0.224 e. The van der Waals surface area contributed by atoms with Gasteiger partial charge in [-0.15, -0.1) is 0 Å². The Balaban J connectivity index is 1.74. The third kappa shape index (κ3) is 6.45. The van der Waals surface area contributed by atoms with Gasteiger partial charge in [0, 0.05) is 18.7 Å². The zero-order valence-corrected chi connectivity index (χ0v) is 19.8. The minimum Gasteiger partial charge on any atom is -0.394 e. The third-order valence-corrected chi connectivity index (χ3v) is 7.42. The molecule has 1 heterocycles. The van der Waals surface area contributed by atoms with E-state index in [-0.39, 0.29) is 30.6 Å². The molecule has 0 spiro atoms. The van der Waals surface area contributed by atoms with Crippen molar-refractivity contribution in [1.29, 1.82) is 0 Å². The van der Waals surface area contributed by atoms with Gasteiger partial charge in [-0.25, -0.2) is 0 Å². The molecule has 174 valence electrons. The Bertz CT molecular complexity index is 691. The highest BCUT2D eigenvalue weighted by molar-refractivity contribution is 5.80. The van der Waals surface area contributed by atoms with E-state index in [2.05, 4.69) is 48.9 Å². The minimum atomic E-state index is -0.334. The number of amides is 1.